The summed E-state index contributed by atoms with van der Waals surface area (Å²) in [6.07, 6.45) is 0.651. The fraction of sp³-hybridized carbons (Fsp3) is 0.286. The first-order valence-electron chi connectivity index (χ1n) is 9.36. The first-order chi connectivity index (χ1) is 14.0. The summed E-state index contributed by atoms with van der Waals surface area (Å²) < 4.78 is 13.0. The van der Waals surface area contributed by atoms with Gasteiger partial charge in [-0.25, -0.2) is 0 Å². The standard InChI is InChI=1S/C21H22N4O3S/c1-5-19(20(26)22-14-7-6-8-15(10-14)27-4)29-21-17-11-18-16(9-12(2)28-18)25(17)13(3)23-24-21/h6-11,19H,5H2,1-4H3,(H,22,26)/t19-/m0/s1. The van der Waals surface area contributed by atoms with Crippen LogP contribution in [0.25, 0.3) is 16.6 Å². The second-order valence-electron chi connectivity index (χ2n) is 6.76. The van der Waals surface area contributed by atoms with Crippen LogP contribution in [0.4, 0.5) is 5.69 Å². The molecular weight excluding hydrogens is 388 g/mol. The molecule has 3 heterocycles. The molecular formula is C21H22N4O3S. The van der Waals surface area contributed by atoms with Gasteiger partial charge in [0.1, 0.15) is 22.4 Å². The molecule has 1 N–H and O–H groups in total. The lowest BCUT2D eigenvalue weighted by Crippen LogP contribution is -2.24. The van der Waals surface area contributed by atoms with Gasteiger partial charge in [0.15, 0.2) is 5.58 Å². The van der Waals surface area contributed by atoms with Gasteiger partial charge < -0.3 is 14.5 Å². The highest BCUT2D eigenvalue weighted by Crippen LogP contribution is 2.33. The number of carbonyl (C=O) groups excluding carboxylic acids is 1. The van der Waals surface area contributed by atoms with E-state index < -0.39 is 0 Å². The minimum Gasteiger partial charge on any atom is -0.497 e. The smallest absolute Gasteiger partial charge is 0.237 e. The predicted octanol–water partition coefficient (Wildman–Crippen LogP) is 4.61. The number of fused-ring (bicyclic) bond motifs is 3. The number of furan rings is 1. The normalized spacial score (nSPS) is 12.4. The molecule has 0 aliphatic rings. The van der Waals surface area contributed by atoms with E-state index in [4.69, 9.17) is 9.15 Å². The second kappa shape index (κ2) is 7.79. The van der Waals surface area contributed by atoms with E-state index in [9.17, 15) is 4.79 Å². The Bertz CT molecular complexity index is 1200. The van der Waals surface area contributed by atoms with Gasteiger partial charge in [-0.1, -0.05) is 24.8 Å². The molecule has 3 aromatic heterocycles. The van der Waals surface area contributed by atoms with Crippen molar-refractivity contribution in [1.29, 1.82) is 0 Å². The van der Waals surface area contributed by atoms with Crippen LogP contribution in [-0.2, 0) is 4.79 Å². The monoisotopic (exact) mass is 410 g/mol. The summed E-state index contributed by atoms with van der Waals surface area (Å²) in [5.41, 5.74) is 3.34. The Morgan fingerprint density at radius 1 is 1.24 bits per heavy atom. The average Bonchev–Trinajstić information content (AvgIpc) is 3.24. The van der Waals surface area contributed by atoms with Crippen LogP contribution in [0.3, 0.4) is 0 Å². The number of nitrogens with one attached hydrogen (secondary N) is 1. The Morgan fingerprint density at radius 3 is 2.83 bits per heavy atom. The molecule has 0 fully saturated rings. The number of ether oxygens (including phenoxy) is 1. The third-order valence-electron chi connectivity index (χ3n) is 4.70. The van der Waals surface area contributed by atoms with Gasteiger partial charge in [-0.05, 0) is 32.4 Å². The molecule has 0 saturated carbocycles. The number of nitrogens with zero attached hydrogens (tertiary/aromatic N) is 3. The summed E-state index contributed by atoms with van der Waals surface area (Å²) in [5.74, 6) is 2.23. The number of methoxy groups -OCH3 is 1. The number of aromatic nitrogens is 3. The van der Waals surface area contributed by atoms with Crippen molar-refractivity contribution in [2.75, 3.05) is 12.4 Å². The lowest BCUT2D eigenvalue weighted by molar-refractivity contribution is -0.115. The molecule has 4 rings (SSSR count). The maximum atomic E-state index is 12.9. The fourth-order valence-electron chi connectivity index (χ4n) is 3.30. The van der Waals surface area contributed by atoms with Gasteiger partial charge in [0, 0.05) is 23.9 Å². The molecule has 29 heavy (non-hydrogen) atoms. The summed E-state index contributed by atoms with van der Waals surface area (Å²) in [6, 6.07) is 11.3. The highest BCUT2D eigenvalue weighted by atomic mass is 32.2. The van der Waals surface area contributed by atoms with Gasteiger partial charge in [0.05, 0.1) is 23.4 Å². The minimum absolute atomic E-state index is 0.0858. The zero-order chi connectivity index (χ0) is 20.5. The lowest BCUT2D eigenvalue weighted by Gasteiger charge is -2.15. The van der Waals surface area contributed by atoms with Crippen molar-refractivity contribution in [2.24, 2.45) is 0 Å². The Hall–Kier alpha value is -3.00. The number of carbonyl (C=O) groups is 1. The fourth-order valence-corrected chi connectivity index (χ4v) is 4.26. The number of anilines is 1. The van der Waals surface area contributed by atoms with Crippen molar-refractivity contribution in [2.45, 2.75) is 37.5 Å². The number of hydrogen-bond acceptors (Lipinski definition) is 6. The van der Waals surface area contributed by atoms with Crippen molar-refractivity contribution in [1.82, 2.24) is 14.6 Å². The third-order valence-corrected chi connectivity index (χ3v) is 6.04. The van der Waals surface area contributed by atoms with Crippen LogP contribution >= 0.6 is 11.8 Å². The molecule has 0 unspecified atom stereocenters. The molecule has 7 nitrogen and oxygen atoms in total. The van der Waals surface area contributed by atoms with Crippen molar-refractivity contribution in [3.63, 3.8) is 0 Å². The number of hydrogen-bond donors (Lipinski definition) is 1. The Morgan fingerprint density at radius 2 is 2.07 bits per heavy atom. The Balaban J connectivity index is 1.62. The molecule has 1 aromatic carbocycles. The minimum atomic E-state index is -0.315. The van der Waals surface area contributed by atoms with E-state index in [1.807, 2.05) is 55.5 Å². The topological polar surface area (TPSA) is 81.7 Å². The highest BCUT2D eigenvalue weighted by Gasteiger charge is 2.22. The van der Waals surface area contributed by atoms with Crippen LogP contribution in [0.15, 0.2) is 45.8 Å². The summed E-state index contributed by atoms with van der Waals surface area (Å²) in [5, 5.41) is 12.0. The van der Waals surface area contributed by atoms with Crippen molar-refractivity contribution in [3.8, 4) is 5.75 Å². The van der Waals surface area contributed by atoms with Crippen LogP contribution in [0.2, 0.25) is 0 Å². The van der Waals surface area contributed by atoms with Crippen LogP contribution in [0.1, 0.15) is 24.9 Å². The molecule has 0 spiro atoms. The zero-order valence-corrected chi connectivity index (χ0v) is 17.5. The number of aryl methyl sites for hydroxylation is 2. The van der Waals surface area contributed by atoms with Gasteiger partial charge >= 0.3 is 0 Å². The first-order valence-corrected chi connectivity index (χ1v) is 10.2. The summed E-state index contributed by atoms with van der Waals surface area (Å²) in [4.78, 5) is 12.9. The summed E-state index contributed by atoms with van der Waals surface area (Å²) in [7, 11) is 1.60. The molecule has 1 amide bonds. The molecule has 0 aliphatic carbocycles. The summed E-state index contributed by atoms with van der Waals surface area (Å²) >= 11 is 1.41. The van der Waals surface area contributed by atoms with E-state index >= 15 is 0 Å². The van der Waals surface area contributed by atoms with Gasteiger partial charge in [-0.2, -0.15) is 0 Å². The van der Waals surface area contributed by atoms with E-state index in [0.29, 0.717) is 22.9 Å². The zero-order valence-electron chi connectivity index (χ0n) is 16.7. The third kappa shape index (κ3) is 3.67. The SMILES string of the molecule is CC[C@H](Sc1nnc(C)n2c1cc1oc(C)cc12)C(=O)Nc1cccc(OC)c1. The average molecular weight is 410 g/mol. The molecule has 0 radical (unpaired) electrons. The van der Waals surface area contributed by atoms with E-state index in [-0.39, 0.29) is 11.2 Å². The van der Waals surface area contributed by atoms with Crippen LogP contribution in [-0.4, -0.2) is 32.9 Å². The van der Waals surface area contributed by atoms with Crippen LogP contribution < -0.4 is 10.1 Å². The van der Waals surface area contributed by atoms with E-state index in [2.05, 4.69) is 15.5 Å². The summed E-state index contributed by atoms with van der Waals surface area (Å²) in [6.45, 7) is 5.81. The van der Waals surface area contributed by atoms with Crippen molar-refractivity contribution in [3.05, 3.63) is 48.0 Å². The van der Waals surface area contributed by atoms with Crippen molar-refractivity contribution < 1.29 is 13.9 Å². The van der Waals surface area contributed by atoms with Gasteiger partial charge in [-0.15, -0.1) is 10.2 Å². The van der Waals surface area contributed by atoms with Crippen LogP contribution in [0.5, 0.6) is 5.75 Å². The van der Waals surface area contributed by atoms with E-state index in [1.165, 1.54) is 11.8 Å². The first kappa shape index (κ1) is 19.3. The van der Waals surface area contributed by atoms with Gasteiger partial charge in [-0.3, -0.25) is 9.20 Å². The van der Waals surface area contributed by atoms with E-state index in [1.54, 1.807) is 13.2 Å². The molecule has 0 saturated heterocycles. The quantitative estimate of drug-likeness (QED) is 0.468. The number of amides is 1. The maximum Gasteiger partial charge on any atom is 0.237 e. The Kier molecular flexibility index (Phi) is 5.19. The predicted molar refractivity (Wildman–Crippen MR) is 114 cm³/mol. The molecule has 1 atom stereocenters. The molecule has 0 aliphatic heterocycles. The van der Waals surface area contributed by atoms with Gasteiger partial charge in [0.2, 0.25) is 5.91 Å². The second-order valence-corrected chi connectivity index (χ2v) is 7.95. The molecule has 0 bridgehead atoms. The van der Waals surface area contributed by atoms with Crippen molar-refractivity contribution >= 4 is 40.0 Å². The lowest BCUT2D eigenvalue weighted by atomic mass is 10.2. The number of benzene rings is 1. The van der Waals surface area contributed by atoms with Gasteiger partial charge in [0.25, 0.3) is 0 Å². The molecule has 150 valence electrons. The largest absolute Gasteiger partial charge is 0.497 e. The van der Waals surface area contributed by atoms with E-state index in [0.717, 1.165) is 28.2 Å². The van der Waals surface area contributed by atoms with Crippen LogP contribution in [0, 0.1) is 13.8 Å². The molecule has 8 heteroatoms. The number of thioether (sulfide) groups is 1. The highest BCUT2D eigenvalue weighted by molar-refractivity contribution is 8.00. The maximum absolute atomic E-state index is 12.9. The Labute approximate surface area is 172 Å². The molecule has 4 aromatic rings. The number of rotatable bonds is 6.